The van der Waals surface area contributed by atoms with Gasteiger partial charge in [-0.15, -0.1) is 0 Å². The highest BCUT2D eigenvalue weighted by atomic mass is 35.5. The van der Waals surface area contributed by atoms with Gasteiger partial charge in [0.1, 0.15) is 0 Å². The molecule has 0 atom stereocenters. The second-order valence-corrected chi connectivity index (χ2v) is 8.67. The third kappa shape index (κ3) is 4.14. The quantitative estimate of drug-likeness (QED) is 0.418. The first-order valence-electron chi connectivity index (χ1n) is 8.44. The summed E-state index contributed by atoms with van der Waals surface area (Å²) in [6.45, 7) is 4.81. The second-order valence-electron chi connectivity index (χ2n) is 6.27. The van der Waals surface area contributed by atoms with Gasteiger partial charge < -0.3 is 4.57 Å². The molecule has 1 amide bonds. The van der Waals surface area contributed by atoms with E-state index in [9.17, 15) is 14.9 Å². The Bertz CT molecular complexity index is 1150. The van der Waals surface area contributed by atoms with E-state index in [1.54, 1.807) is 11.8 Å². The van der Waals surface area contributed by atoms with E-state index in [1.807, 2.05) is 17.7 Å². The van der Waals surface area contributed by atoms with Gasteiger partial charge in [0, 0.05) is 24.4 Å². The zero-order chi connectivity index (χ0) is 20.4. The van der Waals surface area contributed by atoms with Crippen molar-refractivity contribution in [3.05, 3.63) is 67.0 Å². The zero-order valence-corrected chi connectivity index (χ0v) is 18.0. The molecule has 0 saturated heterocycles. The average molecular weight is 436 g/mol. The van der Waals surface area contributed by atoms with E-state index < -0.39 is 10.8 Å². The lowest BCUT2D eigenvalue weighted by Crippen LogP contribution is -2.18. The van der Waals surface area contributed by atoms with Crippen LogP contribution < -0.4 is 4.80 Å². The molecule has 2 aromatic carbocycles. The molecule has 0 radical (unpaired) electrons. The molecule has 0 saturated carbocycles. The number of amides is 1. The molecule has 0 N–H and O–H groups in total. The van der Waals surface area contributed by atoms with Gasteiger partial charge in [-0.3, -0.25) is 14.9 Å². The van der Waals surface area contributed by atoms with Crippen LogP contribution in [0.3, 0.4) is 0 Å². The van der Waals surface area contributed by atoms with Gasteiger partial charge in [-0.25, -0.2) is 0 Å². The Labute approximate surface area is 175 Å². The van der Waals surface area contributed by atoms with Gasteiger partial charge in [-0.2, -0.15) is 16.8 Å². The Morgan fingerprint density at radius 3 is 2.68 bits per heavy atom. The summed E-state index contributed by atoms with van der Waals surface area (Å²) < 4.78 is 3.06. The van der Waals surface area contributed by atoms with Crippen LogP contribution in [0.25, 0.3) is 10.2 Å². The minimum atomic E-state index is -0.591. The number of nitro groups is 1. The number of carbonyl (C=O) groups excluding carboxylic acids is 1. The Balaban J connectivity index is 2.16. The van der Waals surface area contributed by atoms with Crippen molar-refractivity contribution in [2.75, 3.05) is 12.0 Å². The maximum atomic E-state index is 12.8. The molecule has 0 aliphatic heterocycles. The molecule has 6 nitrogen and oxygen atoms in total. The number of hydrogen-bond donors (Lipinski definition) is 0. The van der Waals surface area contributed by atoms with Crippen molar-refractivity contribution >= 4 is 56.5 Å². The van der Waals surface area contributed by atoms with E-state index in [2.05, 4.69) is 24.0 Å². The number of nitro benzene ring substituents is 1. The van der Waals surface area contributed by atoms with Crippen LogP contribution in [-0.2, 0) is 6.54 Å². The summed E-state index contributed by atoms with van der Waals surface area (Å²) in [5.41, 5.74) is 3.20. The molecule has 1 heterocycles. The fourth-order valence-corrected chi connectivity index (χ4v) is 4.44. The van der Waals surface area contributed by atoms with Crippen molar-refractivity contribution in [2.24, 2.45) is 4.99 Å². The third-order valence-corrected chi connectivity index (χ3v) is 6.37. The zero-order valence-electron chi connectivity index (χ0n) is 15.6. The number of fused-ring (bicyclic) bond motifs is 1. The fraction of sp³-hybridized carbons (Fsp3) is 0.263. The van der Waals surface area contributed by atoms with Crippen LogP contribution in [0.2, 0.25) is 5.02 Å². The van der Waals surface area contributed by atoms with Crippen molar-refractivity contribution in [3.8, 4) is 0 Å². The fourth-order valence-electron chi connectivity index (χ4n) is 2.74. The number of thioether (sulfide) groups is 1. The number of hydrogen-bond acceptors (Lipinski definition) is 5. The molecular weight excluding hydrogens is 418 g/mol. The van der Waals surface area contributed by atoms with E-state index in [4.69, 9.17) is 11.6 Å². The standard InChI is InChI=1S/C19H18ClN3O3S2/c1-11-8-16-17(9-12(11)2)28-19(22(16)6-7-27-3)21-18(24)14-10-13(23(25)26)4-5-15(14)20/h4-5,8-10H,6-7H2,1-3H3. The maximum absolute atomic E-state index is 12.8. The van der Waals surface area contributed by atoms with Crippen molar-refractivity contribution in [2.45, 2.75) is 20.4 Å². The molecule has 146 valence electrons. The summed E-state index contributed by atoms with van der Waals surface area (Å²) in [6, 6.07) is 7.98. The summed E-state index contributed by atoms with van der Waals surface area (Å²) in [5.74, 6) is 0.282. The van der Waals surface area contributed by atoms with Gasteiger partial charge in [-0.1, -0.05) is 22.9 Å². The molecule has 0 spiro atoms. The largest absolute Gasteiger partial charge is 0.315 e. The van der Waals surface area contributed by atoms with Crippen molar-refractivity contribution in [1.29, 1.82) is 0 Å². The van der Waals surface area contributed by atoms with Gasteiger partial charge in [-0.05, 0) is 49.4 Å². The molecule has 0 fully saturated rings. The molecule has 0 bridgehead atoms. The maximum Gasteiger partial charge on any atom is 0.281 e. The number of carbonyl (C=O) groups is 1. The number of aryl methyl sites for hydroxylation is 3. The SMILES string of the molecule is CSCCn1c(=NC(=O)c2cc([N+](=O)[O-])ccc2Cl)sc2cc(C)c(C)cc21. The number of benzene rings is 2. The summed E-state index contributed by atoms with van der Waals surface area (Å²) >= 11 is 9.23. The molecule has 1 aromatic heterocycles. The predicted octanol–water partition coefficient (Wildman–Crippen LogP) is 4.99. The minimum absolute atomic E-state index is 0.0251. The summed E-state index contributed by atoms with van der Waals surface area (Å²) in [6.07, 6.45) is 2.02. The molecule has 9 heteroatoms. The molecule has 3 aromatic rings. The van der Waals surface area contributed by atoms with Crippen LogP contribution in [-0.4, -0.2) is 27.4 Å². The van der Waals surface area contributed by atoms with Gasteiger partial charge in [0.15, 0.2) is 4.80 Å². The smallest absolute Gasteiger partial charge is 0.281 e. The highest BCUT2D eigenvalue weighted by molar-refractivity contribution is 7.98. The van der Waals surface area contributed by atoms with Crippen molar-refractivity contribution < 1.29 is 9.72 Å². The lowest BCUT2D eigenvalue weighted by atomic mass is 10.1. The average Bonchev–Trinajstić information content (AvgIpc) is 2.96. The van der Waals surface area contributed by atoms with Gasteiger partial charge >= 0.3 is 0 Å². The Morgan fingerprint density at radius 1 is 1.29 bits per heavy atom. The molecular formula is C19H18ClN3O3S2. The van der Waals surface area contributed by atoms with E-state index in [0.29, 0.717) is 11.3 Å². The minimum Gasteiger partial charge on any atom is -0.315 e. The van der Waals surface area contributed by atoms with Crippen LogP contribution in [0.4, 0.5) is 5.69 Å². The second kappa shape index (κ2) is 8.46. The van der Waals surface area contributed by atoms with Crippen LogP contribution in [0, 0.1) is 24.0 Å². The van der Waals surface area contributed by atoms with E-state index in [-0.39, 0.29) is 16.3 Å². The Morgan fingerprint density at radius 2 is 2.00 bits per heavy atom. The van der Waals surface area contributed by atoms with Crippen LogP contribution >= 0.6 is 34.7 Å². The van der Waals surface area contributed by atoms with Crippen LogP contribution in [0.5, 0.6) is 0 Å². The first kappa shape index (κ1) is 20.6. The van der Waals surface area contributed by atoms with E-state index in [0.717, 1.165) is 16.0 Å². The number of aromatic nitrogens is 1. The number of halogens is 1. The number of thiazole rings is 1. The summed E-state index contributed by atoms with van der Waals surface area (Å²) in [7, 11) is 0. The van der Waals surface area contributed by atoms with E-state index >= 15 is 0 Å². The van der Waals surface area contributed by atoms with E-state index in [1.165, 1.54) is 40.7 Å². The van der Waals surface area contributed by atoms with Crippen LogP contribution in [0.1, 0.15) is 21.5 Å². The first-order valence-corrected chi connectivity index (χ1v) is 11.0. The highest BCUT2D eigenvalue weighted by Crippen LogP contribution is 2.24. The number of non-ortho nitro benzene ring substituents is 1. The van der Waals surface area contributed by atoms with Crippen molar-refractivity contribution in [3.63, 3.8) is 0 Å². The number of rotatable bonds is 5. The van der Waals surface area contributed by atoms with Crippen molar-refractivity contribution in [1.82, 2.24) is 4.57 Å². The number of nitrogens with zero attached hydrogens (tertiary/aromatic N) is 3. The van der Waals surface area contributed by atoms with Gasteiger partial charge in [0.05, 0.1) is 25.7 Å². The molecule has 3 rings (SSSR count). The highest BCUT2D eigenvalue weighted by Gasteiger charge is 2.16. The first-order chi connectivity index (χ1) is 13.3. The monoisotopic (exact) mass is 435 g/mol. The molecule has 0 aliphatic carbocycles. The van der Waals surface area contributed by atoms with Gasteiger partial charge in [0.25, 0.3) is 11.6 Å². The lowest BCUT2D eigenvalue weighted by Gasteiger charge is -2.06. The molecule has 0 unspecified atom stereocenters. The Kier molecular flexibility index (Phi) is 6.22. The Hall–Kier alpha value is -2.16. The topological polar surface area (TPSA) is 77.5 Å². The van der Waals surface area contributed by atoms with Gasteiger partial charge in [0.2, 0.25) is 0 Å². The summed E-state index contributed by atoms with van der Waals surface area (Å²) in [5, 5.41) is 11.2. The molecule has 28 heavy (non-hydrogen) atoms. The lowest BCUT2D eigenvalue weighted by molar-refractivity contribution is -0.384. The van der Waals surface area contributed by atoms with Crippen LogP contribution in [0.15, 0.2) is 35.3 Å². The third-order valence-electron chi connectivity index (χ3n) is 4.41. The predicted molar refractivity (Wildman–Crippen MR) is 116 cm³/mol. The normalized spacial score (nSPS) is 11.9. The summed E-state index contributed by atoms with van der Waals surface area (Å²) in [4.78, 5) is 28.0. The molecule has 0 aliphatic rings.